The van der Waals surface area contributed by atoms with Gasteiger partial charge in [0.1, 0.15) is 19.5 Å². The molecule has 2 aromatic heterocycles. The molecule has 0 spiro atoms. The van der Waals surface area contributed by atoms with Crippen LogP contribution in [0.4, 0.5) is 22.7 Å². The molecule has 20 nitrogen and oxygen atoms in total. The number of nitrogens with zero attached hydrogens (tertiary/aromatic N) is 8. The average Bonchev–Trinajstić information content (AvgIpc) is 3.61. The largest absolute Gasteiger partial charge is 0.349 e. The molecule has 9 rings (SSSR count). The molecule has 4 bridgehead atoms. The van der Waals surface area contributed by atoms with Gasteiger partial charge in [-0.15, -0.1) is 46.4 Å². The molecular weight excluding hydrogens is 830 g/mol. The zero-order chi connectivity index (χ0) is 40.4. The van der Waals surface area contributed by atoms with E-state index in [-0.39, 0.29) is 57.7 Å². The van der Waals surface area contributed by atoms with Crippen molar-refractivity contribution in [2.45, 2.75) is 43.9 Å². The van der Waals surface area contributed by atoms with Gasteiger partial charge in [0.05, 0.1) is 88.8 Å². The number of rotatable bonds is 8. The molecule has 2 heterocycles. The number of nitro groups is 4. The van der Waals surface area contributed by atoms with Crippen LogP contribution in [-0.4, -0.2) is 79.6 Å². The fourth-order valence-electron chi connectivity index (χ4n) is 10.9. The molecule has 0 unspecified atom stereocenters. The van der Waals surface area contributed by atoms with Crippen LogP contribution in [0.5, 0.6) is 0 Å². The summed E-state index contributed by atoms with van der Waals surface area (Å²) in [7, 11) is 5.34. The van der Waals surface area contributed by atoms with Crippen molar-refractivity contribution >= 4 is 91.2 Å². The topological polar surface area (TPSA) is 261 Å². The average molecular weight is 854 g/mol. The lowest BCUT2D eigenvalue weighted by Crippen LogP contribution is -2.54. The number of fused-ring (bicyclic) bond motifs is 18. The Kier molecular flexibility index (Phi) is 7.47. The van der Waals surface area contributed by atoms with Crippen molar-refractivity contribution in [1.82, 2.24) is 19.9 Å². The molecule has 3 saturated carbocycles. The fourth-order valence-corrected chi connectivity index (χ4v) is 13.7. The summed E-state index contributed by atoms with van der Waals surface area (Å²) in [6.45, 7) is 0. The summed E-state index contributed by atoms with van der Waals surface area (Å²) in [5, 5.41) is 47.4. The van der Waals surface area contributed by atoms with E-state index in [0.29, 0.717) is 0 Å². The first-order chi connectivity index (χ1) is 26.3. The van der Waals surface area contributed by atoms with Crippen molar-refractivity contribution < 1.29 is 38.6 Å². The van der Waals surface area contributed by atoms with Crippen LogP contribution in [0.25, 0.3) is 22.1 Å². The molecule has 292 valence electrons. The molecule has 5 aliphatic carbocycles. The first-order valence-electron chi connectivity index (χ1n) is 16.6. The van der Waals surface area contributed by atoms with Crippen molar-refractivity contribution in [2.75, 3.05) is 28.4 Å². The molecular formula is C32H24Cl4N8O12. The number of ether oxygens (including phenoxy) is 4. The highest BCUT2D eigenvalue weighted by Gasteiger charge is 2.91. The van der Waals surface area contributed by atoms with Gasteiger partial charge < -0.3 is 18.9 Å². The maximum atomic E-state index is 11.9. The number of hydrogen-bond donors (Lipinski definition) is 0. The van der Waals surface area contributed by atoms with Gasteiger partial charge >= 0.3 is 22.7 Å². The van der Waals surface area contributed by atoms with Gasteiger partial charge in [0, 0.05) is 28.4 Å². The van der Waals surface area contributed by atoms with Crippen molar-refractivity contribution in [3.05, 3.63) is 87.5 Å². The number of nitro benzene ring substituents is 4. The highest BCUT2D eigenvalue weighted by molar-refractivity contribution is 6.34. The summed E-state index contributed by atoms with van der Waals surface area (Å²) in [6.07, 6.45) is 0.209. The molecule has 0 N–H and O–H groups in total. The Balaban J connectivity index is 1.28. The molecule has 5 aliphatic rings. The van der Waals surface area contributed by atoms with E-state index in [0.717, 1.165) is 24.3 Å². The molecule has 0 radical (unpaired) electrons. The lowest BCUT2D eigenvalue weighted by Gasteiger charge is -2.49. The highest BCUT2D eigenvalue weighted by Crippen LogP contribution is 2.84. The van der Waals surface area contributed by atoms with Crippen LogP contribution < -0.4 is 0 Å². The second kappa shape index (κ2) is 11.2. The molecule has 0 saturated heterocycles. The van der Waals surface area contributed by atoms with E-state index in [1.165, 1.54) is 28.4 Å². The van der Waals surface area contributed by atoms with Gasteiger partial charge in [0.15, 0.2) is 0 Å². The lowest BCUT2D eigenvalue weighted by atomic mass is 9.59. The lowest BCUT2D eigenvalue weighted by molar-refractivity contribution is -0.422. The predicted molar refractivity (Wildman–Crippen MR) is 193 cm³/mol. The summed E-state index contributed by atoms with van der Waals surface area (Å²) in [5.74, 6) is -6.64. The van der Waals surface area contributed by atoms with Gasteiger partial charge in [0.25, 0.3) is 0 Å². The van der Waals surface area contributed by atoms with E-state index >= 15 is 0 Å². The van der Waals surface area contributed by atoms with Gasteiger partial charge in [0.2, 0.25) is 11.6 Å². The number of methoxy groups -OCH3 is 4. The maximum Gasteiger partial charge on any atom is 0.348 e. The van der Waals surface area contributed by atoms with Crippen LogP contribution in [0, 0.1) is 64.1 Å². The molecule has 2 aromatic carbocycles. The number of alkyl halides is 4. The van der Waals surface area contributed by atoms with Crippen LogP contribution in [0.2, 0.25) is 0 Å². The van der Waals surface area contributed by atoms with Crippen LogP contribution in [-0.2, 0) is 38.4 Å². The van der Waals surface area contributed by atoms with Crippen LogP contribution in [0.3, 0.4) is 0 Å². The van der Waals surface area contributed by atoms with Crippen molar-refractivity contribution in [3.8, 4) is 0 Å². The van der Waals surface area contributed by atoms with E-state index in [1.807, 2.05) is 0 Å². The van der Waals surface area contributed by atoms with Crippen molar-refractivity contribution in [3.63, 3.8) is 0 Å². The predicted octanol–water partition coefficient (Wildman–Crippen LogP) is 5.93. The zero-order valence-electron chi connectivity index (χ0n) is 29.0. The minimum Gasteiger partial charge on any atom is -0.349 e. The van der Waals surface area contributed by atoms with E-state index in [2.05, 4.69) is 0 Å². The number of halogens is 4. The molecule has 4 aromatic rings. The number of aromatic nitrogens is 4. The summed E-state index contributed by atoms with van der Waals surface area (Å²) in [5.41, 5.74) is -3.24. The molecule has 3 fully saturated rings. The molecule has 24 heteroatoms. The Morgan fingerprint density at radius 3 is 0.839 bits per heavy atom. The van der Waals surface area contributed by atoms with Gasteiger partial charge in [-0.1, -0.05) is 0 Å². The molecule has 8 atom stereocenters. The van der Waals surface area contributed by atoms with Crippen LogP contribution in [0.1, 0.15) is 35.6 Å². The fraction of sp³-hybridized carbons (Fsp3) is 0.500. The van der Waals surface area contributed by atoms with Gasteiger partial charge in [-0.05, 0) is 36.5 Å². The molecule has 56 heavy (non-hydrogen) atoms. The Morgan fingerprint density at radius 2 is 0.679 bits per heavy atom. The third-order valence-corrected chi connectivity index (χ3v) is 15.6. The Labute approximate surface area is 332 Å². The minimum atomic E-state index is -1.90. The number of hydrogen-bond acceptors (Lipinski definition) is 16. The third-order valence-electron chi connectivity index (χ3n) is 12.8. The number of benzene rings is 2. The van der Waals surface area contributed by atoms with Gasteiger partial charge in [-0.25, -0.2) is 19.9 Å². The van der Waals surface area contributed by atoms with Gasteiger partial charge in [-0.3, -0.25) is 40.5 Å². The quantitative estimate of drug-likeness (QED) is 0.0860. The standard InChI is InChI=1S/C32H24Cl4N8O12/c1-53-31(54-2)27(33)11-5-13-14(6-12(11)28(31,34)24-23(27)37-15-7-19(41(45)46)20(42(47)48)8-16(15)38-24)30(36)26-25(29(13,35)32(30,55-3)56-4)39-17-9-21(43(49)50)22(44(51)52)10-18(17)40-26/h7-14H,5-6H2,1-4H3/t11-,12+,13+,14-,27-,28+,29+,30-. The maximum absolute atomic E-state index is 11.9. The monoisotopic (exact) mass is 852 g/mol. The zero-order valence-corrected chi connectivity index (χ0v) is 32.0. The summed E-state index contributed by atoms with van der Waals surface area (Å²) < 4.78 is 24.5. The Bertz CT molecular complexity index is 2230. The van der Waals surface area contributed by atoms with Crippen LogP contribution in [0.15, 0.2) is 24.3 Å². The van der Waals surface area contributed by atoms with Crippen molar-refractivity contribution in [1.29, 1.82) is 0 Å². The normalized spacial score (nSPS) is 33.6. The summed E-state index contributed by atoms with van der Waals surface area (Å²) >= 11 is 31.2. The van der Waals surface area contributed by atoms with Gasteiger partial charge in [-0.2, -0.15) is 0 Å². The summed E-state index contributed by atoms with van der Waals surface area (Å²) in [4.78, 5) is 55.6. The van der Waals surface area contributed by atoms with Crippen molar-refractivity contribution in [2.24, 2.45) is 23.7 Å². The summed E-state index contributed by atoms with van der Waals surface area (Å²) in [6, 6.07) is 3.76. The Hall–Kier alpha value is -4.28. The minimum absolute atomic E-state index is 0.0723. The molecule has 0 aliphatic heterocycles. The van der Waals surface area contributed by atoms with E-state index in [4.69, 9.17) is 85.3 Å². The molecule has 0 amide bonds. The van der Waals surface area contributed by atoms with Crippen LogP contribution >= 0.6 is 46.4 Å². The second-order valence-electron chi connectivity index (χ2n) is 14.3. The second-order valence-corrected chi connectivity index (χ2v) is 16.7. The SMILES string of the molecule is COC1(OC)[C@@]2(Cl)c3nc4cc([N+](=O)[O-])c([N+](=O)[O-])cc4nc3[C@]1(Cl)[C@@H]1C[C@H]3[C@@H](C[C@@H]12)[C@@]1(Cl)c2nc4cc([N+](=O)[O-])c([N+](=O)[O-])cc4nc2[C@]3(Cl)C1(OC)OC. The third kappa shape index (κ3) is 3.65. The highest BCUT2D eigenvalue weighted by atomic mass is 35.5. The smallest absolute Gasteiger partial charge is 0.348 e. The first kappa shape index (κ1) is 37.3. The van der Waals surface area contributed by atoms with E-state index < -0.39 is 97.2 Å². The Morgan fingerprint density at radius 1 is 0.482 bits per heavy atom. The first-order valence-corrected chi connectivity index (χ1v) is 18.1. The van der Waals surface area contributed by atoms with E-state index in [1.54, 1.807) is 0 Å². The van der Waals surface area contributed by atoms with E-state index in [9.17, 15) is 40.5 Å².